The molecular weight excluding hydrogens is 441 g/mol. The second kappa shape index (κ2) is 8.45. The Bertz CT molecular complexity index is 1260. The second-order valence-corrected chi connectivity index (χ2v) is 7.70. The number of aromatic hydroxyl groups is 1. The highest BCUT2D eigenvalue weighted by molar-refractivity contribution is 6.35. The van der Waals surface area contributed by atoms with E-state index in [-0.39, 0.29) is 11.6 Å². The van der Waals surface area contributed by atoms with Crippen molar-refractivity contribution in [1.82, 2.24) is 9.97 Å². The SMILES string of the molecule is Cc1cc(NC(=O)C(C)Oc2ccc(Cl)cc2Cl)cc(-c2nc3ncccc3o2)c1O. The number of aryl methyl sites for hydroxylation is 1. The van der Waals surface area contributed by atoms with Gasteiger partial charge in [0, 0.05) is 16.9 Å². The first kappa shape index (κ1) is 21.0. The fourth-order valence-electron chi connectivity index (χ4n) is 2.96. The molecule has 0 aliphatic rings. The lowest BCUT2D eigenvalue weighted by molar-refractivity contribution is -0.122. The van der Waals surface area contributed by atoms with Crippen molar-refractivity contribution in [2.24, 2.45) is 0 Å². The van der Waals surface area contributed by atoms with Crippen LogP contribution in [-0.4, -0.2) is 27.1 Å². The van der Waals surface area contributed by atoms with Crippen LogP contribution >= 0.6 is 23.2 Å². The number of benzene rings is 2. The van der Waals surface area contributed by atoms with E-state index in [1.807, 2.05) is 0 Å². The van der Waals surface area contributed by atoms with Crippen molar-refractivity contribution in [2.75, 3.05) is 5.32 Å². The fraction of sp³-hybridized carbons (Fsp3) is 0.136. The molecule has 31 heavy (non-hydrogen) atoms. The molecule has 2 N–H and O–H groups in total. The van der Waals surface area contributed by atoms with Gasteiger partial charge in [-0.25, -0.2) is 4.98 Å². The number of fused-ring (bicyclic) bond motifs is 1. The first-order valence-electron chi connectivity index (χ1n) is 9.30. The highest BCUT2D eigenvalue weighted by Crippen LogP contribution is 2.36. The average Bonchev–Trinajstić information content (AvgIpc) is 3.16. The molecule has 0 saturated heterocycles. The Morgan fingerprint density at radius 1 is 1.23 bits per heavy atom. The van der Waals surface area contributed by atoms with Gasteiger partial charge in [-0.3, -0.25) is 4.79 Å². The Hall–Kier alpha value is -3.29. The Kier molecular flexibility index (Phi) is 5.71. The number of carbonyl (C=O) groups is 1. The summed E-state index contributed by atoms with van der Waals surface area (Å²) in [5.74, 6) is 0.140. The lowest BCUT2D eigenvalue weighted by Crippen LogP contribution is -2.30. The summed E-state index contributed by atoms with van der Waals surface area (Å²) in [5.41, 5.74) is 2.24. The number of phenolic OH excluding ortho intramolecular Hbond substituents is 1. The molecule has 1 atom stereocenters. The van der Waals surface area contributed by atoms with E-state index in [0.717, 1.165) is 0 Å². The van der Waals surface area contributed by atoms with Gasteiger partial charge in [-0.1, -0.05) is 23.2 Å². The number of oxazole rings is 1. The van der Waals surface area contributed by atoms with Crippen LogP contribution in [0.3, 0.4) is 0 Å². The molecule has 158 valence electrons. The van der Waals surface area contributed by atoms with E-state index >= 15 is 0 Å². The summed E-state index contributed by atoms with van der Waals surface area (Å²) in [7, 11) is 0. The zero-order valence-electron chi connectivity index (χ0n) is 16.5. The van der Waals surface area contributed by atoms with Crippen LogP contribution in [0.25, 0.3) is 22.7 Å². The van der Waals surface area contributed by atoms with Crippen LogP contribution in [0.2, 0.25) is 10.0 Å². The van der Waals surface area contributed by atoms with Crippen LogP contribution in [0, 0.1) is 6.92 Å². The van der Waals surface area contributed by atoms with Crippen molar-refractivity contribution < 1.29 is 19.1 Å². The summed E-state index contributed by atoms with van der Waals surface area (Å²) in [4.78, 5) is 21.1. The van der Waals surface area contributed by atoms with E-state index in [2.05, 4.69) is 15.3 Å². The Labute approximate surface area is 187 Å². The van der Waals surface area contributed by atoms with Gasteiger partial charge in [0.25, 0.3) is 5.91 Å². The number of phenols is 1. The molecule has 1 unspecified atom stereocenters. The van der Waals surface area contributed by atoms with Gasteiger partial charge in [0.05, 0.1) is 10.6 Å². The van der Waals surface area contributed by atoms with E-state index in [4.69, 9.17) is 32.4 Å². The zero-order valence-corrected chi connectivity index (χ0v) is 18.0. The number of hydrogen-bond donors (Lipinski definition) is 2. The van der Waals surface area contributed by atoms with E-state index in [1.165, 1.54) is 6.07 Å². The number of halogens is 2. The summed E-state index contributed by atoms with van der Waals surface area (Å²) in [5, 5.41) is 14.1. The van der Waals surface area contributed by atoms with E-state index in [9.17, 15) is 9.90 Å². The van der Waals surface area contributed by atoms with Gasteiger partial charge in [0.15, 0.2) is 17.3 Å². The molecule has 0 bridgehead atoms. The van der Waals surface area contributed by atoms with Gasteiger partial charge in [0.2, 0.25) is 5.89 Å². The molecule has 1 amide bonds. The maximum absolute atomic E-state index is 12.7. The first-order chi connectivity index (χ1) is 14.8. The Balaban J connectivity index is 1.57. The predicted octanol–water partition coefficient (Wildman–Crippen LogP) is 5.62. The molecule has 0 radical (unpaired) electrons. The van der Waals surface area contributed by atoms with Crippen LogP contribution < -0.4 is 10.1 Å². The highest BCUT2D eigenvalue weighted by atomic mass is 35.5. The van der Waals surface area contributed by atoms with Crippen molar-refractivity contribution in [3.8, 4) is 23.0 Å². The number of ether oxygens (including phenoxy) is 1. The van der Waals surface area contributed by atoms with Gasteiger partial charge in [-0.05, 0) is 61.9 Å². The number of pyridine rings is 1. The third-order valence-corrected chi connectivity index (χ3v) is 5.06. The van der Waals surface area contributed by atoms with E-state index in [0.29, 0.717) is 43.8 Å². The summed E-state index contributed by atoms with van der Waals surface area (Å²) < 4.78 is 11.4. The lowest BCUT2D eigenvalue weighted by atomic mass is 10.1. The molecular formula is C22H17Cl2N3O4. The monoisotopic (exact) mass is 457 g/mol. The van der Waals surface area contributed by atoms with Crippen molar-refractivity contribution in [3.63, 3.8) is 0 Å². The summed E-state index contributed by atoms with van der Waals surface area (Å²) in [6, 6.07) is 11.4. The molecule has 2 heterocycles. The highest BCUT2D eigenvalue weighted by Gasteiger charge is 2.20. The maximum atomic E-state index is 12.7. The molecule has 2 aromatic heterocycles. The van der Waals surface area contributed by atoms with Gasteiger partial charge in [-0.15, -0.1) is 0 Å². The smallest absolute Gasteiger partial charge is 0.265 e. The largest absolute Gasteiger partial charge is 0.507 e. The molecule has 9 heteroatoms. The molecule has 7 nitrogen and oxygen atoms in total. The van der Waals surface area contributed by atoms with Crippen molar-refractivity contribution in [1.29, 1.82) is 0 Å². The third kappa shape index (κ3) is 4.42. The summed E-state index contributed by atoms with van der Waals surface area (Å²) >= 11 is 12.0. The number of hydrogen-bond acceptors (Lipinski definition) is 6. The summed E-state index contributed by atoms with van der Waals surface area (Å²) in [6.07, 6.45) is 0.759. The molecule has 0 fully saturated rings. The standard InChI is InChI=1S/C22H17Cl2N3O4/c1-11-8-14(26-21(29)12(2)30-17-6-5-13(23)9-16(17)24)10-15(19(11)28)22-27-20-18(31-22)4-3-7-25-20/h3-10,12,28H,1-2H3,(H,26,29). The molecule has 0 aliphatic heterocycles. The number of carbonyl (C=O) groups excluding carboxylic acids is 1. The molecule has 4 aromatic rings. The van der Waals surface area contributed by atoms with Crippen LogP contribution in [0.1, 0.15) is 12.5 Å². The van der Waals surface area contributed by atoms with Crippen molar-refractivity contribution in [2.45, 2.75) is 20.0 Å². The number of anilines is 1. The van der Waals surface area contributed by atoms with E-state index in [1.54, 1.807) is 56.4 Å². The molecule has 2 aromatic carbocycles. The van der Waals surface area contributed by atoms with Gasteiger partial charge in [0.1, 0.15) is 11.5 Å². The maximum Gasteiger partial charge on any atom is 0.265 e. The topological polar surface area (TPSA) is 97.5 Å². The Morgan fingerprint density at radius 3 is 2.77 bits per heavy atom. The number of rotatable bonds is 5. The molecule has 0 saturated carbocycles. The normalized spacial score (nSPS) is 12.0. The zero-order chi connectivity index (χ0) is 22.1. The number of nitrogens with one attached hydrogen (secondary N) is 1. The number of amides is 1. The third-order valence-electron chi connectivity index (χ3n) is 4.53. The van der Waals surface area contributed by atoms with Crippen LogP contribution in [0.4, 0.5) is 5.69 Å². The van der Waals surface area contributed by atoms with Gasteiger partial charge >= 0.3 is 0 Å². The first-order valence-corrected chi connectivity index (χ1v) is 10.1. The second-order valence-electron chi connectivity index (χ2n) is 6.86. The number of aromatic nitrogens is 2. The van der Waals surface area contributed by atoms with Crippen molar-refractivity contribution in [3.05, 3.63) is 64.3 Å². The fourth-order valence-corrected chi connectivity index (χ4v) is 3.41. The molecule has 4 rings (SSSR count). The van der Waals surface area contributed by atoms with Gasteiger partial charge < -0.3 is 19.6 Å². The van der Waals surface area contributed by atoms with E-state index < -0.39 is 12.0 Å². The summed E-state index contributed by atoms with van der Waals surface area (Å²) in [6.45, 7) is 3.31. The predicted molar refractivity (Wildman–Crippen MR) is 119 cm³/mol. The van der Waals surface area contributed by atoms with Crippen LogP contribution in [0.15, 0.2) is 53.1 Å². The minimum atomic E-state index is -0.843. The Morgan fingerprint density at radius 2 is 2.03 bits per heavy atom. The minimum Gasteiger partial charge on any atom is -0.507 e. The van der Waals surface area contributed by atoms with Crippen LogP contribution in [0.5, 0.6) is 11.5 Å². The molecule has 0 aliphatic carbocycles. The van der Waals surface area contributed by atoms with Crippen molar-refractivity contribution >= 4 is 46.0 Å². The minimum absolute atomic E-state index is 0.00167. The molecule has 0 spiro atoms. The lowest BCUT2D eigenvalue weighted by Gasteiger charge is -2.16. The quantitative estimate of drug-likeness (QED) is 0.377. The van der Waals surface area contributed by atoms with Crippen LogP contribution in [-0.2, 0) is 4.79 Å². The number of nitrogens with zero attached hydrogens (tertiary/aromatic N) is 2. The average molecular weight is 458 g/mol. The van der Waals surface area contributed by atoms with Gasteiger partial charge in [-0.2, -0.15) is 4.98 Å².